The summed E-state index contributed by atoms with van der Waals surface area (Å²) < 4.78 is 12.8. The molecule has 0 bridgehead atoms. The van der Waals surface area contributed by atoms with Crippen molar-refractivity contribution in [3.05, 3.63) is 35.6 Å². The van der Waals surface area contributed by atoms with Crippen molar-refractivity contribution in [3.8, 4) is 0 Å². The predicted octanol–water partition coefficient (Wildman–Crippen LogP) is 2.26. The van der Waals surface area contributed by atoms with Crippen LogP contribution in [-0.4, -0.2) is 38.0 Å². The molecule has 7 heteroatoms. The number of hydrogen-bond acceptors (Lipinski definition) is 3. The summed E-state index contributed by atoms with van der Waals surface area (Å²) in [4.78, 5) is 23.6. The van der Waals surface area contributed by atoms with Crippen LogP contribution in [0.15, 0.2) is 24.3 Å². The Hall–Kier alpha value is -1.66. The minimum Gasteiger partial charge on any atom is -0.356 e. The van der Waals surface area contributed by atoms with E-state index in [0.29, 0.717) is 37.4 Å². The molecule has 2 amide bonds. The summed E-state index contributed by atoms with van der Waals surface area (Å²) in [5.74, 6) is 0.149. The molecule has 25 heavy (non-hydrogen) atoms. The molecule has 1 aromatic carbocycles. The third kappa shape index (κ3) is 8.31. The smallest absolute Gasteiger partial charge is 0.251 e. The minimum absolute atomic E-state index is 0. The zero-order chi connectivity index (χ0) is 17.2. The molecule has 5 nitrogen and oxygen atoms in total. The van der Waals surface area contributed by atoms with Crippen molar-refractivity contribution in [2.24, 2.45) is 5.92 Å². The number of carbonyl (C=O) groups is 2. The van der Waals surface area contributed by atoms with Crippen molar-refractivity contribution < 1.29 is 14.0 Å². The van der Waals surface area contributed by atoms with Gasteiger partial charge in [-0.05, 0) is 69.0 Å². The monoisotopic (exact) mass is 371 g/mol. The van der Waals surface area contributed by atoms with Gasteiger partial charge >= 0.3 is 0 Å². The highest BCUT2D eigenvalue weighted by molar-refractivity contribution is 5.94. The predicted molar refractivity (Wildman–Crippen MR) is 98.4 cm³/mol. The van der Waals surface area contributed by atoms with Gasteiger partial charge < -0.3 is 16.0 Å². The topological polar surface area (TPSA) is 70.2 Å². The van der Waals surface area contributed by atoms with E-state index < -0.39 is 0 Å². The lowest BCUT2D eigenvalue weighted by molar-refractivity contribution is -0.121. The van der Waals surface area contributed by atoms with Gasteiger partial charge in [-0.3, -0.25) is 9.59 Å². The molecule has 0 radical (unpaired) electrons. The number of nitrogens with one attached hydrogen (secondary N) is 3. The molecule has 1 saturated heterocycles. The first kappa shape index (κ1) is 21.4. The molecule has 3 N–H and O–H groups in total. The summed E-state index contributed by atoms with van der Waals surface area (Å²) in [5, 5.41) is 8.96. The first-order chi connectivity index (χ1) is 11.6. The average molecular weight is 372 g/mol. The van der Waals surface area contributed by atoms with Gasteiger partial charge in [0, 0.05) is 25.1 Å². The zero-order valence-corrected chi connectivity index (χ0v) is 15.2. The first-order valence-corrected chi connectivity index (χ1v) is 8.66. The quantitative estimate of drug-likeness (QED) is 0.614. The Morgan fingerprint density at radius 2 is 1.72 bits per heavy atom. The fourth-order valence-electron chi connectivity index (χ4n) is 2.82. The van der Waals surface area contributed by atoms with Crippen LogP contribution in [0.2, 0.25) is 0 Å². The lowest BCUT2D eigenvalue weighted by Crippen LogP contribution is -2.31. The van der Waals surface area contributed by atoms with Gasteiger partial charge in [-0.15, -0.1) is 12.4 Å². The molecule has 140 valence electrons. The van der Waals surface area contributed by atoms with Crippen LogP contribution in [0.5, 0.6) is 0 Å². The fourth-order valence-corrected chi connectivity index (χ4v) is 2.82. The fraction of sp³-hybridized carbons (Fsp3) is 0.556. The number of halogens is 2. The van der Waals surface area contributed by atoms with Gasteiger partial charge in [0.2, 0.25) is 5.91 Å². The third-order valence-electron chi connectivity index (χ3n) is 4.31. The summed E-state index contributed by atoms with van der Waals surface area (Å²) >= 11 is 0. The van der Waals surface area contributed by atoms with E-state index in [-0.39, 0.29) is 30.0 Å². The Kier molecular flexibility index (Phi) is 10.1. The molecule has 1 aliphatic heterocycles. The van der Waals surface area contributed by atoms with Crippen molar-refractivity contribution in [2.75, 3.05) is 26.2 Å². The molecular formula is C18H27ClFN3O2. The van der Waals surface area contributed by atoms with Crippen LogP contribution in [-0.2, 0) is 4.79 Å². The summed E-state index contributed by atoms with van der Waals surface area (Å²) in [5.41, 5.74) is 0.433. The van der Waals surface area contributed by atoms with Crippen LogP contribution in [0.4, 0.5) is 4.39 Å². The van der Waals surface area contributed by atoms with E-state index in [1.807, 2.05) is 0 Å². The minimum atomic E-state index is -0.362. The maximum Gasteiger partial charge on any atom is 0.251 e. The number of piperidine rings is 1. The molecule has 0 unspecified atom stereocenters. The third-order valence-corrected chi connectivity index (χ3v) is 4.31. The number of hydrogen-bond donors (Lipinski definition) is 3. The number of rotatable bonds is 8. The SMILES string of the molecule is Cl.O=C(CCC1CCNCC1)NCCCNC(=O)c1ccc(F)cc1. The number of amides is 2. The second-order valence-corrected chi connectivity index (χ2v) is 6.20. The highest BCUT2D eigenvalue weighted by Crippen LogP contribution is 2.17. The molecule has 1 heterocycles. The number of benzene rings is 1. The largest absolute Gasteiger partial charge is 0.356 e. The second-order valence-electron chi connectivity index (χ2n) is 6.20. The van der Waals surface area contributed by atoms with Gasteiger partial charge in [-0.25, -0.2) is 4.39 Å². The van der Waals surface area contributed by atoms with Crippen molar-refractivity contribution in [1.82, 2.24) is 16.0 Å². The van der Waals surface area contributed by atoms with Gasteiger partial charge in [0.05, 0.1) is 0 Å². The van der Waals surface area contributed by atoms with Crippen molar-refractivity contribution in [3.63, 3.8) is 0 Å². The molecule has 2 rings (SSSR count). The normalized spacial score (nSPS) is 14.4. The lowest BCUT2D eigenvalue weighted by atomic mass is 9.93. The van der Waals surface area contributed by atoms with E-state index >= 15 is 0 Å². The van der Waals surface area contributed by atoms with Gasteiger partial charge in [0.1, 0.15) is 5.82 Å². The van der Waals surface area contributed by atoms with Gasteiger partial charge in [0.15, 0.2) is 0 Å². The first-order valence-electron chi connectivity index (χ1n) is 8.66. The zero-order valence-electron chi connectivity index (χ0n) is 14.4. The van der Waals surface area contributed by atoms with Crippen molar-refractivity contribution >= 4 is 24.2 Å². The Bertz CT molecular complexity index is 534. The van der Waals surface area contributed by atoms with E-state index in [9.17, 15) is 14.0 Å². The van der Waals surface area contributed by atoms with Crippen molar-refractivity contribution in [2.45, 2.75) is 32.1 Å². The van der Waals surface area contributed by atoms with E-state index in [1.165, 1.54) is 24.3 Å². The molecule has 0 spiro atoms. The Morgan fingerprint density at radius 1 is 1.08 bits per heavy atom. The molecule has 0 aromatic heterocycles. The Morgan fingerprint density at radius 3 is 2.40 bits per heavy atom. The lowest BCUT2D eigenvalue weighted by Gasteiger charge is -2.22. The maximum atomic E-state index is 12.8. The van der Waals surface area contributed by atoms with Gasteiger partial charge in [-0.2, -0.15) is 0 Å². The Labute approximate surface area is 154 Å². The molecule has 1 aliphatic rings. The maximum absolute atomic E-state index is 12.8. The van der Waals surface area contributed by atoms with Crippen LogP contribution in [0.1, 0.15) is 42.5 Å². The molecule has 1 fully saturated rings. The van der Waals surface area contributed by atoms with Crippen molar-refractivity contribution in [1.29, 1.82) is 0 Å². The van der Waals surface area contributed by atoms with Crippen LogP contribution in [0.3, 0.4) is 0 Å². The van der Waals surface area contributed by atoms with Crippen LogP contribution < -0.4 is 16.0 Å². The van der Waals surface area contributed by atoms with E-state index in [0.717, 1.165) is 32.4 Å². The Balaban J connectivity index is 0.00000312. The van der Waals surface area contributed by atoms with Gasteiger partial charge in [0.25, 0.3) is 5.91 Å². The van der Waals surface area contributed by atoms with Crippen LogP contribution in [0, 0.1) is 11.7 Å². The van der Waals surface area contributed by atoms with Crippen LogP contribution >= 0.6 is 12.4 Å². The van der Waals surface area contributed by atoms with Crippen LogP contribution in [0.25, 0.3) is 0 Å². The van der Waals surface area contributed by atoms with E-state index in [2.05, 4.69) is 16.0 Å². The van der Waals surface area contributed by atoms with E-state index in [1.54, 1.807) is 0 Å². The highest BCUT2D eigenvalue weighted by Gasteiger charge is 2.14. The molecule has 0 aliphatic carbocycles. The summed E-state index contributed by atoms with van der Waals surface area (Å²) in [6.07, 6.45) is 4.51. The van der Waals surface area contributed by atoms with Gasteiger partial charge in [-0.1, -0.05) is 0 Å². The summed E-state index contributed by atoms with van der Waals surface area (Å²) in [7, 11) is 0. The van der Waals surface area contributed by atoms with E-state index in [4.69, 9.17) is 0 Å². The average Bonchev–Trinajstić information content (AvgIpc) is 2.61. The second kappa shape index (κ2) is 11.8. The molecule has 0 atom stereocenters. The summed E-state index contributed by atoms with van der Waals surface area (Å²) in [6, 6.07) is 5.43. The highest BCUT2D eigenvalue weighted by atomic mass is 35.5. The molecule has 1 aromatic rings. The molecular weight excluding hydrogens is 345 g/mol. The standard InChI is InChI=1S/C18H26FN3O2.ClH/c19-16-5-3-15(4-6-16)18(24)22-11-1-10-21-17(23)7-2-14-8-12-20-13-9-14;/h3-6,14,20H,1-2,7-13H2,(H,21,23)(H,22,24);1H. The molecule has 0 saturated carbocycles. The summed E-state index contributed by atoms with van der Waals surface area (Å²) in [6.45, 7) is 3.14. The number of carbonyl (C=O) groups excluding carboxylic acids is 2.